The van der Waals surface area contributed by atoms with E-state index in [1.54, 1.807) is 0 Å². The predicted molar refractivity (Wildman–Crippen MR) is 75.1 cm³/mol. The van der Waals surface area contributed by atoms with Crippen molar-refractivity contribution in [2.24, 2.45) is 0 Å². The summed E-state index contributed by atoms with van der Waals surface area (Å²) in [5.41, 5.74) is 2.17. The molecule has 2 unspecified atom stereocenters. The van der Waals surface area contributed by atoms with Gasteiger partial charge in [0.25, 0.3) is 0 Å². The van der Waals surface area contributed by atoms with E-state index < -0.39 is 5.97 Å². The quantitative estimate of drug-likeness (QED) is 0.771. The number of aliphatic carboxylic acids is 1. The summed E-state index contributed by atoms with van der Waals surface area (Å²) in [4.78, 5) is 10.7. The third kappa shape index (κ3) is 4.78. The van der Waals surface area contributed by atoms with E-state index in [0.717, 1.165) is 17.7 Å². The summed E-state index contributed by atoms with van der Waals surface area (Å²) < 4.78 is 0. The molecule has 2 N–H and O–H groups in total. The van der Waals surface area contributed by atoms with Crippen LogP contribution in [0.3, 0.4) is 0 Å². The zero-order valence-corrected chi connectivity index (χ0v) is 11.4. The zero-order valence-electron chi connectivity index (χ0n) is 11.4. The Labute approximate surface area is 109 Å². The van der Waals surface area contributed by atoms with Crippen LogP contribution in [-0.4, -0.2) is 17.1 Å². The largest absolute Gasteiger partial charge is 0.481 e. The van der Waals surface area contributed by atoms with Crippen molar-refractivity contribution in [3.05, 3.63) is 29.8 Å². The second-order valence-corrected chi connectivity index (χ2v) is 4.95. The average molecular weight is 249 g/mol. The van der Waals surface area contributed by atoms with Gasteiger partial charge in [0, 0.05) is 11.7 Å². The first-order valence-corrected chi connectivity index (χ1v) is 6.61. The highest BCUT2D eigenvalue weighted by Gasteiger charge is 2.10. The monoisotopic (exact) mass is 249 g/mol. The van der Waals surface area contributed by atoms with Crippen LogP contribution >= 0.6 is 0 Å². The number of hydrogen-bond donors (Lipinski definition) is 2. The number of nitrogens with one attached hydrogen (secondary N) is 1. The minimum absolute atomic E-state index is 0.0598. The molecular formula is C15H23NO2. The highest BCUT2D eigenvalue weighted by Crippen LogP contribution is 2.21. The van der Waals surface area contributed by atoms with E-state index >= 15 is 0 Å². The first kappa shape index (κ1) is 14.6. The molecule has 0 amide bonds. The first-order valence-electron chi connectivity index (χ1n) is 6.61. The topological polar surface area (TPSA) is 49.3 Å². The predicted octanol–water partition coefficient (Wildman–Crippen LogP) is 3.87. The van der Waals surface area contributed by atoms with E-state index in [2.05, 4.69) is 19.2 Å². The molecule has 0 heterocycles. The Bertz CT molecular complexity index is 373. The second kappa shape index (κ2) is 7.04. The maximum absolute atomic E-state index is 10.7. The van der Waals surface area contributed by atoms with E-state index in [1.807, 2.05) is 31.2 Å². The van der Waals surface area contributed by atoms with Gasteiger partial charge in [0.2, 0.25) is 0 Å². The Kier molecular flexibility index (Phi) is 5.69. The van der Waals surface area contributed by atoms with Gasteiger partial charge < -0.3 is 10.4 Å². The van der Waals surface area contributed by atoms with Gasteiger partial charge in [-0.1, -0.05) is 32.4 Å². The van der Waals surface area contributed by atoms with Crippen molar-refractivity contribution < 1.29 is 9.90 Å². The van der Waals surface area contributed by atoms with Crippen LogP contribution in [0.1, 0.15) is 51.5 Å². The highest BCUT2D eigenvalue weighted by atomic mass is 16.4. The summed E-state index contributed by atoms with van der Waals surface area (Å²) in [5, 5.41) is 12.2. The van der Waals surface area contributed by atoms with Crippen LogP contribution < -0.4 is 5.32 Å². The molecule has 0 aliphatic carbocycles. The van der Waals surface area contributed by atoms with Crippen molar-refractivity contribution in [3.8, 4) is 0 Å². The van der Waals surface area contributed by atoms with Crippen molar-refractivity contribution in [1.82, 2.24) is 0 Å². The van der Waals surface area contributed by atoms with Crippen molar-refractivity contribution >= 4 is 11.7 Å². The molecule has 0 spiro atoms. The SMILES string of the molecule is CCCC(C)Nc1ccc(C(C)CC(=O)O)cc1. The van der Waals surface area contributed by atoms with Crippen LogP contribution in [0.15, 0.2) is 24.3 Å². The number of benzene rings is 1. The third-order valence-electron chi connectivity index (χ3n) is 3.10. The molecule has 2 atom stereocenters. The molecule has 0 bridgehead atoms. The molecule has 1 rings (SSSR count). The number of rotatable bonds is 7. The van der Waals surface area contributed by atoms with Crippen LogP contribution in [0.2, 0.25) is 0 Å². The molecule has 1 aromatic carbocycles. The number of hydrogen-bond acceptors (Lipinski definition) is 2. The molecule has 0 fully saturated rings. The standard InChI is InChI=1S/C15H23NO2/c1-4-5-12(3)16-14-8-6-13(7-9-14)11(2)10-15(17)18/h6-9,11-12,16H,4-5,10H2,1-3H3,(H,17,18). The van der Waals surface area contributed by atoms with Gasteiger partial charge in [-0.15, -0.1) is 0 Å². The lowest BCUT2D eigenvalue weighted by Gasteiger charge is -2.15. The van der Waals surface area contributed by atoms with E-state index in [4.69, 9.17) is 5.11 Å². The Balaban J connectivity index is 2.59. The molecule has 0 radical (unpaired) electrons. The summed E-state index contributed by atoms with van der Waals surface area (Å²) in [5.74, 6) is -0.689. The van der Waals surface area contributed by atoms with E-state index in [-0.39, 0.29) is 12.3 Å². The molecule has 0 saturated carbocycles. The van der Waals surface area contributed by atoms with Crippen molar-refractivity contribution in [2.75, 3.05) is 5.32 Å². The van der Waals surface area contributed by atoms with Gasteiger partial charge in [0.1, 0.15) is 0 Å². The lowest BCUT2D eigenvalue weighted by Crippen LogP contribution is -2.14. The summed E-state index contributed by atoms with van der Waals surface area (Å²) in [7, 11) is 0. The van der Waals surface area contributed by atoms with Gasteiger partial charge in [-0.25, -0.2) is 0 Å². The van der Waals surface area contributed by atoms with Crippen molar-refractivity contribution in [2.45, 2.75) is 52.0 Å². The normalized spacial score (nSPS) is 13.9. The van der Waals surface area contributed by atoms with E-state index in [0.29, 0.717) is 6.04 Å². The van der Waals surface area contributed by atoms with Crippen LogP contribution in [0, 0.1) is 0 Å². The van der Waals surface area contributed by atoms with Crippen LogP contribution in [0.5, 0.6) is 0 Å². The zero-order chi connectivity index (χ0) is 13.5. The van der Waals surface area contributed by atoms with Gasteiger partial charge in [-0.3, -0.25) is 4.79 Å². The lowest BCUT2D eigenvalue weighted by molar-refractivity contribution is -0.137. The summed E-state index contributed by atoms with van der Waals surface area (Å²) in [6, 6.07) is 8.54. The Morgan fingerprint density at radius 2 is 1.89 bits per heavy atom. The Hall–Kier alpha value is -1.51. The first-order chi connectivity index (χ1) is 8.52. The smallest absolute Gasteiger partial charge is 0.303 e. The van der Waals surface area contributed by atoms with E-state index in [1.165, 1.54) is 6.42 Å². The van der Waals surface area contributed by atoms with Gasteiger partial charge in [0.05, 0.1) is 6.42 Å². The van der Waals surface area contributed by atoms with Gasteiger partial charge in [-0.2, -0.15) is 0 Å². The van der Waals surface area contributed by atoms with Crippen molar-refractivity contribution in [3.63, 3.8) is 0 Å². The maximum Gasteiger partial charge on any atom is 0.303 e. The second-order valence-electron chi connectivity index (χ2n) is 4.95. The van der Waals surface area contributed by atoms with Crippen LogP contribution in [0.4, 0.5) is 5.69 Å². The molecule has 1 aromatic rings. The lowest BCUT2D eigenvalue weighted by atomic mass is 9.97. The van der Waals surface area contributed by atoms with Crippen LogP contribution in [0.25, 0.3) is 0 Å². The van der Waals surface area contributed by atoms with Crippen LogP contribution in [-0.2, 0) is 4.79 Å². The fourth-order valence-electron chi connectivity index (χ4n) is 2.08. The average Bonchev–Trinajstić information content (AvgIpc) is 2.29. The molecule has 3 nitrogen and oxygen atoms in total. The minimum Gasteiger partial charge on any atom is -0.481 e. The summed E-state index contributed by atoms with van der Waals surface area (Å²) in [6.07, 6.45) is 2.50. The molecule has 0 aromatic heterocycles. The number of carboxylic acids is 1. The molecular weight excluding hydrogens is 226 g/mol. The van der Waals surface area contributed by atoms with Gasteiger partial charge >= 0.3 is 5.97 Å². The molecule has 0 saturated heterocycles. The van der Waals surface area contributed by atoms with Crippen molar-refractivity contribution in [1.29, 1.82) is 0 Å². The minimum atomic E-state index is -0.749. The fourth-order valence-corrected chi connectivity index (χ4v) is 2.08. The van der Waals surface area contributed by atoms with Gasteiger partial charge in [-0.05, 0) is 37.0 Å². The third-order valence-corrected chi connectivity index (χ3v) is 3.10. The molecule has 0 aliphatic heterocycles. The summed E-state index contributed by atoms with van der Waals surface area (Å²) >= 11 is 0. The number of anilines is 1. The number of carbonyl (C=O) groups is 1. The number of carboxylic acid groups (broad SMARTS) is 1. The molecule has 18 heavy (non-hydrogen) atoms. The fraction of sp³-hybridized carbons (Fsp3) is 0.533. The molecule has 3 heteroatoms. The highest BCUT2D eigenvalue weighted by molar-refractivity contribution is 5.68. The Morgan fingerprint density at radius 3 is 2.39 bits per heavy atom. The van der Waals surface area contributed by atoms with Gasteiger partial charge in [0.15, 0.2) is 0 Å². The van der Waals surface area contributed by atoms with E-state index in [9.17, 15) is 4.79 Å². The molecule has 0 aliphatic rings. The Morgan fingerprint density at radius 1 is 1.28 bits per heavy atom. The summed E-state index contributed by atoms with van der Waals surface area (Å²) in [6.45, 7) is 6.29. The molecule has 100 valence electrons. The maximum atomic E-state index is 10.7.